The number of amides is 1. The van der Waals surface area contributed by atoms with E-state index in [2.05, 4.69) is 20.4 Å². The van der Waals surface area contributed by atoms with Gasteiger partial charge in [-0.1, -0.05) is 17.3 Å². The second kappa shape index (κ2) is 7.41. The molecule has 2 aromatic heterocycles. The molecule has 2 heterocycles. The molecule has 1 unspecified atom stereocenters. The molecule has 1 atom stereocenters. The van der Waals surface area contributed by atoms with Crippen LogP contribution < -0.4 is 5.32 Å². The van der Waals surface area contributed by atoms with Gasteiger partial charge in [-0.2, -0.15) is 13.8 Å². The SMILES string of the molecule is Cc1nc(C(C)(F)F)ccc1C(=O)NC(C)c1nc(-c2cccc(F)c2)no1. The number of halogens is 3. The predicted molar refractivity (Wildman–Crippen MR) is 94.1 cm³/mol. The summed E-state index contributed by atoms with van der Waals surface area (Å²) in [7, 11) is 0. The number of nitrogens with one attached hydrogen (secondary N) is 1. The topological polar surface area (TPSA) is 80.9 Å². The summed E-state index contributed by atoms with van der Waals surface area (Å²) < 4.78 is 45.2. The van der Waals surface area contributed by atoms with E-state index in [1.807, 2.05) is 0 Å². The lowest BCUT2D eigenvalue weighted by Crippen LogP contribution is -2.28. The van der Waals surface area contributed by atoms with Crippen LogP contribution in [-0.2, 0) is 5.92 Å². The Bertz CT molecular complexity index is 1010. The van der Waals surface area contributed by atoms with Crippen molar-refractivity contribution in [3.8, 4) is 11.4 Å². The number of alkyl halides is 2. The van der Waals surface area contributed by atoms with Gasteiger partial charge in [-0.15, -0.1) is 0 Å². The number of pyridine rings is 1. The van der Waals surface area contributed by atoms with Crippen LogP contribution >= 0.6 is 0 Å². The molecule has 146 valence electrons. The highest BCUT2D eigenvalue weighted by Gasteiger charge is 2.27. The lowest BCUT2D eigenvalue weighted by atomic mass is 10.1. The summed E-state index contributed by atoms with van der Waals surface area (Å²) in [5.41, 5.74) is 0.357. The largest absolute Gasteiger partial charge is 0.340 e. The summed E-state index contributed by atoms with van der Waals surface area (Å²) in [5, 5.41) is 6.44. The third-order valence-corrected chi connectivity index (χ3v) is 4.02. The number of carbonyl (C=O) groups is 1. The third-order valence-electron chi connectivity index (χ3n) is 4.02. The smallest absolute Gasteiger partial charge is 0.286 e. The highest BCUT2D eigenvalue weighted by molar-refractivity contribution is 5.95. The predicted octanol–water partition coefficient (Wildman–Crippen LogP) is 4.18. The van der Waals surface area contributed by atoms with Crippen LogP contribution in [0.25, 0.3) is 11.4 Å². The van der Waals surface area contributed by atoms with Crippen molar-refractivity contribution in [3.05, 3.63) is 65.1 Å². The first-order valence-corrected chi connectivity index (χ1v) is 8.41. The molecule has 1 N–H and O–H groups in total. The molecule has 1 amide bonds. The van der Waals surface area contributed by atoms with E-state index in [1.54, 1.807) is 13.0 Å². The van der Waals surface area contributed by atoms with Crippen molar-refractivity contribution >= 4 is 5.91 Å². The van der Waals surface area contributed by atoms with E-state index < -0.39 is 29.4 Å². The molecular weight excluding hydrogens is 373 g/mol. The van der Waals surface area contributed by atoms with Gasteiger partial charge in [0.15, 0.2) is 0 Å². The second-order valence-corrected chi connectivity index (χ2v) is 6.38. The number of benzene rings is 1. The lowest BCUT2D eigenvalue weighted by molar-refractivity contribution is 0.0125. The van der Waals surface area contributed by atoms with Gasteiger partial charge < -0.3 is 9.84 Å². The Hall–Kier alpha value is -3.23. The van der Waals surface area contributed by atoms with E-state index >= 15 is 0 Å². The van der Waals surface area contributed by atoms with Gasteiger partial charge >= 0.3 is 0 Å². The Labute approximate surface area is 158 Å². The van der Waals surface area contributed by atoms with Crippen molar-refractivity contribution in [3.63, 3.8) is 0 Å². The van der Waals surface area contributed by atoms with Gasteiger partial charge in [0, 0.05) is 12.5 Å². The quantitative estimate of drug-likeness (QED) is 0.707. The number of aromatic nitrogens is 3. The number of hydrogen-bond donors (Lipinski definition) is 1. The van der Waals surface area contributed by atoms with Crippen molar-refractivity contribution in [2.24, 2.45) is 0 Å². The molecule has 0 saturated carbocycles. The van der Waals surface area contributed by atoms with Gasteiger partial charge in [-0.3, -0.25) is 9.78 Å². The summed E-state index contributed by atoms with van der Waals surface area (Å²) in [6, 6.07) is 7.45. The Balaban J connectivity index is 1.75. The molecule has 0 saturated heterocycles. The Morgan fingerprint density at radius 1 is 1.21 bits per heavy atom. The molecule has 0 aliphatic carbocycles. The van der Waals surface area contributed by atoms with Gasteiger partial charge in [-0.25, -0.2) is 4.39 Å². The minimum Gasteiger partial charge on any atom is -0.340 e. The van der Waals surface area contributed by atoms with Crippen molar-refractivity contribution in [1.29, 1.82) is 0 Å². The minimum absolute atomic E-state index is 0.120. The highest BCUT2D eigenvalue weighted by Crippen LogP contribution is 2.26. The van der Waals surface area contributed by atoms with Crippen molar-refractivity contribution in [2.45, 2.75) is 32.7 Å². The molecule has 0 bridgehead atoms. The average Bonchev–Trinajstić information content (AvgIpc) is 3.11. The molecule has 0 spiro atoms. The van der Waals surface area contributed by atoms with E-state index in [-0.39, 0.29) is 23.0 Å². The number of rotatable bonds is 5. The fourth-order valence-corrected chi connectivity index (χ4v) is 2.54. The van der Waals surface area contributed by atoms with E-state index in [1.165, 1.54) is 31.2 Å². The third kappa shape index (κ3) is 4.19. The van der Waals surface area contributed by atoms with E-state index in [4.69, 9.17) is 4.52 Å². The maximum absolute atomic E-state index is 13.4. The van der Waals surface area contributed by atoms with Gasteiger partial charge in [0.25, 0.3) is 11.8 Å². The Kier molecular flexibility index (Phi) is 5.17. The maximum atomic E-state index is 13.4. The van der Waals surface area contributed by atoms with E-state index in [0.717, 1.165) is 13.0 Å². The second-order valence-electron chi connectivity index (χ2n) is 6.38. The fourth-order valence-electron chi connectivity index (χ4n) is 2.54. The molecule has 0 aliphatic heterocycles. The lowest BCUT2D eigenvalue weighted by Gasteiger charge is -2.14. The number of aryl methyl sites for hydroxylation is 1. The van der Waals surface area contributed by atoms with Gasteiger partial charge in [0.1, 0.15) is 17.6 Å². The minimum atomic E-state index is -3.09. The van der Waals surface area contributed by atoms with Crippen LogP contribution in [0.15, 0.2) is 40.9 Å². The van der Waals surface area contributed by atoms with Crippen molar-refractivity contribution in [2.75, 3.05) is 0 Å². The Morgan fingerprint density at radius 3 is 2.61 bits per heavy atom. The summed E-state index contributed by atoms with van der Waals surface area (Å²) >= 11 is 0. The monoisotopic (exact) mass is 390 g/mol. The van der Waals surface area contributed by atoms with Crippen LogP contribution in [0.4, 0.5) is 13.2 Å². The first kappa shape index (κ1) is 19.5. The first-order valence-electron chi connectivity index (χ1n) is 8.41. The van der Waals surface area contributed by atoms with Gasteiger partial charge in [0.05, 0.1) is 11.3 Å². The van der Waals surface area contributed by atoms with Gasteiger partial charge in [0.2, 0.25) is 11.7 Å². The highest BCUT2D eigenvalue weighted by atomic mass is 19.3. The standard InChI is InChI=1S/C19H17F3N4O2/c1-10-14(7-8-15(23-10)19(3,21)22)17(27)24-11(2)18-25-16(26-28-18)12-5-4-6-13(20)9-12/h4-9,11H,1-3H3,(H,24,27). The zero-order valence-corrected chi connectivity index (χ0v) is 15.3. The first-order chi connectivity index (χ1) is 13.1. The Morgan fingerprint density at radius 2 is 1.96 bits per heavy atom. The summed E-state index contributed by atoms with van der Waals surface area (Å²) in [4.78, 5) is 20.4. The fraction of sp³-hybridized carbons (Fsp3) is 0.263. The molecule has 0 fully saturated rings. The summed E-state index contributed by atoms with van der Waals surface area (Å²) in [6.07, 6.45) is 0. The molecular formula is C19H17F3N4O2. The maximum Gasteiger partial charge on any atom is 0.286 e. The normalized spacial score (nSPS) is 12.6. The molecule has 3 aromatic rings. The van der Waals surface area contributed by atoms with Crippen LogP contribution in [0, 0.1) is 12.7 Å². The van der Waals surface area contributed by atoms with Crippen molar-refractivity contribution in [1.82, 2.24) is 20.4 Å². The van der Waals surface area contributed by atoms with Crippen molar-refractivity contribution < 1.29 is 22.5 Å². The molecule has 3 rings (SSSR count). The van der Waals surface area contributed by atoms with Crippen LogP contribution in [-0.4, -0.2) is 21.0 Å². The zero-order valence-electron chi connectivity index (χ0n) is 15.3. The number of hydrogen-bond acceptors (Lipinski definition) is 5. The number of carbonyl (C=O) groups excluding carboxylic acids is 1. The molecule has 0 radical (unpaired) electrons. The summed E-state index contributed by atoms with van der Waals surface area (Å²) in [5.74, 6) is -3.74. The van der Waals surface area contributed by atoms with Crippen LogP contribution in [0.5, 0.6) is 0 Å². The molecule has 1 aromatic carbocycles. The summed E-state index contributed by atoms with van der Waals surface area (Å²) in [6.45, 7) is 3.84. The van der Waals surface area contributed by atoms with E-state index in [9.17, 15) is 18.0 Å². The number of nitrogens with zero attached hydrogens (tertiary/aromatic N) is 3. The van der Waals surface area contributed by atoms with E-state index in [0.29, 0.717) is 5.56 Å². The zero-order chi connectivity index (χ0) is 20.5. The molecule has 9 heteroatoms. The molecule has 6 nitrogen and oxygen atoms in total. The van der Waals surface area contributed by atoms with Crippen LogP contribution in [0.3, 0.4) is 0 Å². The van der Waals surface area contributed by atoms with Gasteiger partial charge in [-0.05, 0) is 38.1 Å². The van der Waals surface area contributed by atoms with Crippen LogP contribution in [0.1, 0.15) is 47.5 Å². The molecule has 28 heavy (non-hydrogen) atoms. The average molecular weight is 390 g/mol. The van der Waals surface area contributed by atoms with Crippen LogP contribution in [0.2, 0.25) is 0 Å². The molecule has 0 aliphatic rings.